The number of aromatic nitrogens is 4. The highest BCUT2D eigenvalue weighted by atomic mass is 32.1. The summed E-state index contributed by atoms with van der Waals surface area (Å²) in [5.74, 6) is -3.11. The van der Waals surface area contributed by atoms with Crippen molar-refractivity contribution in [2.75, 3.05) is 11.1 Å². The molecule has 3 aromatic heterocycles. The molecule has 1 atom stereocenters. The summed E-state index contributed by atoms with van der Waals surface area (Å²) in [7, 11) is 0. The van der Waals surface area contributed by atoms with Crippen LogP contribution < -0.4 is 11.1 Å². The van der Waals surface area contributed by atoms with Crippen LogP contribution in [0.2, 0.25) is 0 Å². The summed E-state index contributed by atoms with van der Waals surface area (Å²) in [6, 6.07) is 10.8. The van der Waals surface area contributed by atoms with E-state index in [4.69, 9.17) is 5.73 Å². The van der Waals surface area contributed by atoms with E-state index in [2.05, 4.69) is 20.4 Å². The number of nitrogen functional groups attached to an aromatic ring is 1. The Hall–Kier alpha value is -4.25. The number of carbonyl (C=O) groups excluding carboxylic acids is 1. The Balaban J connectivity index is 1.47. The number of hydrogen-bond acceptors (Lipinski definition) is 6. The fourth-order valence-electron chi connectivity index (χ4n) is 4.62. The van der Waals surface area contributed by atoms with Crippen molar-refractivity contribution in [2.45, 2.75) is 18.8 Å². The first kappa shape index (κ1) is 22.2. The first-order valence-corrected chi connectivity index (χ1v) is 11.8. The fraction of sp³-hybridized carbons (Fsp3) is 0.120. The van der Waals surface area contributed by atoms with Crippen molar-refractivity contribution in [1.29, 1.82) is 0 Å². The maximum absolute atomic E-state index is 14.3. The molecule has 1 unspecified atom stereocenters. The lowest BCUT2D eigenvalue weighted by molar-refractivity contribution is -0.119. The molecule has 1 amide bonds. The number of fused-ring (bicyclic) bond motifs is 2. The molecule has 11 heteroatoms. The molecular formula is C25H17F3N6OS. The Kier molecular flexibility index (Phi) is 4.87. The standard InChI is InChI=1S/C25H17F3N6OS/c1-25(12-5-3-2-4-6-12)19-21(29)30-24(32-22(19)31-23(25)35)34-18-11-36-10-14(18)17(33-34)9-13-15(26)7-8-16(27)20(13)28/h2-8,10-11H,9H2,1H3,(H3,29,30,31,32,35). The van der Waals surface area contributed by atoms with Crippen molar-refractivity contribution < 1.29 is 18.0 Å². The highest BCUT2D eigenvalue weighted by molar-refractivity contribution is 7.09. The molecule has 0 saturated carbocycles. The third-order valence-electron chi connectivity index (χ3n) is 6.54. The molecule has 36 heavy (non-hydrogen) atoms. The summed E-state index contributed by atoms with van der Waals surface area (Å²) in [6.07, 6.45) is -0.279. The van der Waals surface area contributed by atoms with Gasteiger partial charge in [-0.15, -0.1) is 11.3 Å². The van der Waals surface area contributed by atoms with E-state index in [0.29, 0.717) is 22.2 Å². The van der Waals surface area contributed by atoms with Crippen molar-refractivity contribution in [1.82, 2.24) is 19.7 Å². The van der Waals surface area contributed by atoms with Crippen LogP contribution in [-0.4, -0.2) is 25.7 Å². The molecule has 1 aliphatic rings. The van der Waals surface area contributed by atoms with Gasteiger partial charge in [0.1, 0.15) is 22.9 Å². The molecule has 0 radical (unpaired) electrons. The van der Waals surface area contributed by atoms with E-state index in [1.54, 1.807) is 17.7 Å². The molecule has 3 N–H and O–H groups in total. The molecule has 0 aliphatic carbocycles. The van der Waals surface area contributed by atoms with Crippen molar-refractivity contribution in [3.05, 3.63) is 93.1 Å². The summed E-state index contributed by atoms with van der Waals surface area (Å²) in [5, 5.41) is 11.4. The molecule has 7 nitrogen and oxygen atoms in total. The zero-order valence-corrected chi connectivity index (χ0v) is 19.5. The number of nitrogens with two attached hydrogens (primary N) is 1. The molecule has 0 spiro atoms. The van der Waals surface area contributed by atoms with Crippen LogP contribution in [-0.2, 0) is 16.6 Å². The molecule has 0 bridgehead atoms. The molecular weight excluding hydrogens is 489 g/mol. The van der Waals surface area contributed by atoms with Gasteiger partial charge in [-0.2, -0.15) is 19.7 Å². The van der Waals surface area contributed by atoms with Crippen LogP contribution in [0.5, 0.6) is 0 Å². The molecule has 0 fully saturated rings. The van der Waals surface area contributed by atoms with E-state index in [1.165, 1.54) is 16.0 Å². The van der Waals surface area contributed by atoms with Gasteiger partial charge in [0.2, 0.25) is 5.91 Å². The Morgan fingerprint density at radius 3 is 2.58 bits per heavy atom. The summed E-state index contributed by atoms with van der Waals surface area (Å²) >= 11 is 1.35. The molecule has 180 valence electrons. The maximum Gasteiger partial charge on any atom is 0.255 e. The van der Waals surface area contributed by atoms with Crippen molar-refractivity contribution >= 4 is 39.8 Å². The quantitative estimate of drug-likeness (QED) is 0.344. The highest BCUT2D eigenvalue weighted by Gasteiger charge is 2.47. The fourth-order valence-corrected chi connectivity index (χ4v) is 5.43. The zero-order chi connectivity index (χ0) is 25.2. The van der Waals surface area contributed by atoms with Crippen LogP contribution in [0.1, 0.15) is 29.3 Å². The van der Waals surface area contributed by atoms with E-state index in [1.807, 2.05) is 30.3 Å². The van der Waals surface area contributed by atoms with Gasteiger partial charge < -0.3 is 11.1 Å². The average Bonchev–Trinajstić information content (AvgIpc) is 3.54. The van der Waals surface area contributed by atoms with Crippen molar-refractivity contribution in [2.24, 2.45) is 0 Å². The van der Waals surface area contributed by atoms with Gasteiger partial charge in [-0.25, -0.2) is 13.2 Å². The molecule has 2 aromatic carbocycles. The number of amides is 1. The summed E-state index contributed by atoms with van der Waals surface area (Å²) in [6.45, 7) is 1.76. The van der Waals surface area contributed by atoms with Crippen LogP contribution >= 0.6 is 11.3 Å². The van der Waals surface area contributed by atoms with Gasteiger partial charge in [0.25, 0.3) is 5.95 Å². The number of hydrogen-bond donors (Lipinski definition) is 2. The van der Waals surface area contributed by atoms with Crippen LogP contribution in [0.15, 0.2) is 53.2 Å². The minimum atomic E-state index is -1.26. The second-order valence-corrected chi connectivity index (χ2v) is 9.35. The summed E-state index contributed by atoms with van der Waals surface area (Å²) in [4.78, 5) is 22.0. The van der Waals surface area contributed by atoms with Crippen LogP contribution in [0, 0.1) is 17.5 Å². The number of benzene rings is 2. The van der Waals surface area contributed by atoms with Gasteiger partial charge in [-0.1, -0.05) is 30.3 Å². The SMILES string of the molecule is CC1(c2ccccc2)C(=O)Nc2nc(-n3nc(Cc4c(F)ccc(F)c4F)c4cscc43)nc(N)c21. The largest absolute Gasteiger partial charge is 0.383 e. The summed E-state index contributed by atoms with van der Waals surface area (Å²) < 4.78 is 43.8. The van der Waals surface area contributed by atoms with Crippen LogP contribution in [0.3, 0.4) is 0 Å². The Labute approximate surface area is 206 Å². The Bertz CT molecular complexity index is 1680. The first-order valence-electron chi connectivity index (χ1n) is 10.9. The Morgan fingerprint density at radius 1 is 1.06 bits per heavy atom. The van der Waals surface area contributed by atoms with Gasteiger partial charge in [-0.3, -0.25) is 4.79 Å². The molecule has 0 saturated heterocycles. The predicted molar refractivity (Wildman–Crippen MR) is 130 cm³/mol. The number of anilines is 2. The van der Waals surface area contributed by atoms with Gasteiger partial charge in [0, 0.05) is 28.1 Å². The van der Waals surface area contributed by atoms with Gasteiger partial charge >= 0.3 is 0 Å². The van der Waals surface area contributed by atoms with Gasteiger partial charge in [-0.05, 0) is 24.6 Å². The normalized spacial score (nSPS) is 16.9. The number of rotatable bonds is 4. The summed E-state index contributed by atoms with van der Waals surface area (Å²) in [5.41, 5.74) is 6.96. The second kappa shape index (κ2) is 7.89. The number of nitrogens with zero attached hydrogens (tertiary/aromatic N) is 4. The van der Waals surface area contributed by atoms with E-state index in [0.717, 1.165) is 17.7 Å². The number of halogens is 3. The highest BCUT2D eigenvalue weighted by Crippen LogP contribution is 2.44. The van der Waals surface area contributed by atoms with Gasteiger partial charge in [0.15, 0.2) is 11.6 Å². The topological polar surface area (TPSA) is 98.7 Å². The predicted octanol–water partition coefficient (Wildman–Crippen LogP) is 4.73. The first-order chi connectivity index (χ1) is 17.3. The van der Waals surface area contributed by atoms with Crippen LogP contribution in [0.4, 0.5) is 24.8 Å². The zero-order valence-electron chi connectivity index (χ0n) is 18.7. The van der Waals surface area contributed by atoms with Crippen LogP contribution in [0.25, 0.3) is 16.9 Å². The van der Waals surface area contributed by atoms with Crippen molar-refractivity contribution in [3.8, 4) is 5.95 Å². The lowest BCUT2D eigenvalue weighted by Crippen LogP contribution is -2.32. The average molecular weight is 507 g/mol. The van der Waals surface area contributed by atoms with E-state index >= 15 is 0 Å². The molecule has 1 aliphatic heterocycles. The lowest BCUT2D eigenvalue weighted by atomic mass is 9.78. The molecule has 5 aromatic rings. The van der Waals surface area contributed by atoms with E-state index in [-0.39, 0.29) is 29.9 Å². The lowest BCUT2D eigenvalue weighted by Gasteiger charge is -2.23. The Morgan fingerprint density at radius 2 is 1.81 bits per heavy atom. The van der Waals surface area contributed by atoms with E-state index < -0.39 is 28.4 Å². The third-order valence-corrected chi connectivity index (χ3v) is 7.27. The smallest absolute Gasteiger partial charge is 0.255 e. The molecule has 4 heterocycles. The second-order valence-electron chi connectivity index (χ2n) is 8.61. The van der Waals surface area contributed by atoms with E-state index in [9.17, 15) is 18.0 Å². The third kappa shape index (κ3) is 3.12. The monoisotopic (exact) mass is 506 g/mol. The number of thiophene rings is 1. The molecule has 6 rings (SSSR count). The minimum Gasteiger partial charge on any atom is -0.383 e. The van der Waals surface area contributed by atoms with Gasteiger partial charge in [0.05, 0.1) is 16.8 Å². The number of carbonyl (C=O) groups is 1. The minimum absolute atomic E-state index is 0.0821. The number of nitrogens with one attached hydrogen (secondary N) is 1. The maximum atomic E-state index is 14.3. The van der Waals surface area contributed by atoms with Crippen molar-refractivity contribution in [3.63, 3.8) is 0 Å².